The lowest BCUT2D eigenvalue weighted by Crippen LogP contribution is -2.42. The average Bonchev–Trinajstić information content (AvgIpc) is 3.27. The molecule has 1 heterocycles. The number of methoxy groups -OCH3 is 2. The van der Waals surface area contributed by atoms with Gasteiger partial charge in [0.15, 0.2) is 17.5 Å². The lowest BCUT2D eigenvalue weighted by Gasteiger charge is -2.27. The highest BCUT2D eigenvalue weighted by atomic mass is 32.1. The lowest BCUT2D eigenvalue weighted by molar-refractivity contribution is 0.0711. The van der Waals surface area contributed by atoms with Crippen molar-refractivity contribution >= 4 is 17.3 Å². The van der Waals surface area contributed by atoms with E-state index in [1.54, 1.807) is 21.1 Å². The van der Waals surface area contributed by atoms with E-state index in [9.17, 15) is 5.11 Å². The summed E-state index contributed by atoms with van der Waals surface area (Å²) >= 11 is 1.53. The average molecular weight is 435 g/mol. The van der Waals surface area contributed by atoms with Crippen molar-refractivity contribution in [1.29, 1.82) is 0 Å². The molecule has 0 saturated heterocycles. The molecule has 2 rings (SSSR count). The number of hydrogen-bond acceptors (Lipinski definition) is 6. The Labute approximate surface area is 183 Å². The summed E-state index contributed by atoms with van der Waals surface area (Å²) in [4.78, 5) is 7.66. The van der Waals surface area contributed by atoms with E-state index in [4.69, 9.17) is 9.47 Å². The van der Waals surface area contributed by atoms with Gasteiger partial charge in [-0.1, -0.05) is 12.1 Å². The molecule has 1 aromatic carbocycles. The van der Waals surface area contributed by atoms with Gasteiger partial charge in [0.05, 0.1) is 26.8 Å². The topological polar surface area (TPSA) is 78.4 Å². The molecule has 0 bridgehead atoms. The van der Waals surface area contributed by atoms with Gasteiger partial charge in [0.2, 0.25) is 0 Å². The third-order valence-corrected chi connectivity index (χ3v) is 5.94. The number of rotatable bonds is 10. The molecule has 0 amide bonds. The maximum Gasteiger partial charge on any atom is 0.191 e. The Morgan fingerprint density at radius 2 is 1.93 bits per heavy atom. The van der Waals surface area contributed by atoms with E-state index in [2.05, 4.69) is 20.5 Å². The summed E-state index contributed by atoms with van der Waals surface area (Å²) < 4.78 is 10.8. The maximum absolute atomic E-state index is 10.8. The van der Waals surface area contributed by atoms with Crippen LogP contribution in [-0.2, 0) is 5.60 Å². The van der Waals surface area contributed by atoms with Gasteiger partial charge in [0.25, 0.3) is 0 Å². The molecule has 7 nitrogen and oxygen atoms in total. The van der Waals surface area contributed by atoms with Crippen LogP contribution in [0.2, 0.25) is 0 Å². The summed E-state index contributed by atoms with van der Waals surface area (Å²) in [6.45, 7) is 5.45. The third-order valence-electron chi connectivity index (χ3n) is 4.82. The van der Waals surface area contributed by atoms with Gasteiger partial charge < -0.3 is 30.1 Å². The number of nitrogens with one attached hydrogen (secondary N) is 2. The van der Waals surface area contributed by atoms with Crippen molar-refractivity contribution in [2.45, 2.75) is 25.5 Å². The molecule has 1 aromatic heterocycles. The second kappa shape index (κ2) is 11.2. The number of hydrogen-bond donors (Lipinski definition) is 3. The molecular formula is C22H34N4O3S. The predicted octanol–water partition coefficient (Wildman–Crippen LogP) is 2.83. The van der Waals surface area contributed by atoms with E-state index in [1.165, 1.54) is 11.3 Å². The molecule has 166 valence electrons. The number of aliphatic hydroxyl groups is 1. The van der Waals surface area contributed by atoms with Crippen LogP contribution in [0, 0.1) is 0 Å². The van der Waals surface area contributed by atoms with E-state index in [0.29, 0.717) is 24.0 Å². The Balaban J connectivity index is 2.13. The minimum Gasteiger partial charge on any atom is -0.493 e. The second-order valence-corrected chi connectivity index (χ2v) is 8.37. The van der Waals surface area contributed by atoms with Crippen molar-refractivity contribution in [3.05, 3.63) is 46.2 Å². The van der Waals surface area contributed by atoms with Gasteiger partial charge in [-0.05, 0) is 57.1 Å². The fourth-order valence-electron chi connectivity index (χ4n) is 3.09. The van der Waals surface area contributed by atoms with E-state index in [-0.39, 0.29) is 12.6 Å². The first-order chi connectivity index (χ1) is 14.3. The summed E-state index contributed by atoms with van der Waals surface area (Å²) in [6.07, 6.45) is 0. The normalized spacial score (nSPS) is 14.9. The summed E-state index contributed by atoms with van der Waals surface area (Å²) in [5.41, 5.74) is 0.104. The molecule has 3 N–H and O–H groups in total. The van der Waals surface area contributed by atoms with Crippen LogP contribution in [0.15, 0.2) is 40.7 Å². The van der Waals surface area contributed by atoms with Crippen molar-refractivity contribution in [2.24, 2.45) is 4.99 Å². The minimum atomic E-state index is -0.999. The van der Waals surface area contributed by atoms with Crippen LogP contribution in [-0.4, -0.2) is 63.9 Å². The van der Waals surface area contributed by atoms with Crippen molar-refractivity contribution in [3.63, 3.8) is 0 Å². The number of aliphatic imine (C=N–C) groups is 1. The van der Waals surface area contributed by atoms with Crippen LogP contribution in [0.4, 0.5) is 0 Å². The fraction of sp³-hybridized carbons (Fsp3) is 0.500. The van der Waals surface area contributed by atoms with E-state index in [0.717, 1.165) is 17.0 Å². The Morgan fingerprint density at radius 1 is 1.20 bits per heavy atom. The van der Waals surface area contributed by atoms with Gasteiger partial charge in [0.1, 0.15) is 5.60 Å². The first kappa shape index (κ1) is 24.0. The minimum absolute atomic E-state index is 0.0893. The van der Waals surface area contributed by atoms with Crippen LogP contribution in [0.1, 0.15) is 30.3 Å². The molecule has 30 heavy (non-hydrogen) atoms. The van der Waals surface area contributed by atoms with Crippen molar-refractivity contribution in [3.8, 4) is 11.5 Å². The lowest BCUT2D eigenvalue weighted by atomic mass is 10.0. The Bertz CT molecular complexity index is 807. The van der Waals surface area contributed by atoms with Crippen LogP contribution < -0.4 is 20.1 Å². The van der Waals surface area contributed by atoms with Crippen LogP contribution in [0.5, 0.6) is 11.5 Å². The number of thiophene rings is 1. The van der Waals surface area contributed by atoms with E-state index < -0.39 is 5.60 Å². The molecule has 0 radical (unpaired) electrons. The molecule has 8 heteroatoms. The van der Waals surface area contributed by atoms with Gasteiger partial charge in [-0.2, -0.15) is 0 Å². The summed E-state index contributed by atoms with van der Waals surface area (Å²) in [5, 5.41) is 19.4. The van der Waals surface area contributed by atoms with Crippen LogP contribution >= 0.6 is 11.3 Å². The van der Waals surface area contributed by atoms with Gasteiger partial charge in [-0.25, -0.2) is 4.99 Å². The van der Waals surface area contributed by atoms with Crippen molar-refractivity contribution in [1.82, 2.24) is 15.5 Å². The molecule has 0 spiro atoms. The first-order valence-electron chi connectivity index (χ1n) is 9.99. The molecule has 2 aromatic rings. The molecule has 0 aliphatic rings. The second-order valence-electron chi connectivity index (χ2n) is 7.42. The highest BCUT2D eigenvalue weighted by molar-refractivity contribution is 7.10. The SMILES string of the molecule is CCNC(=NCC(C)(O)c1cccs1)NCC(c1ccc(OC)c(OC)c1)N(C)C. The fourth-order valence-corrected chi connectivity index (χ4v) is 3.87. The van der Waals surface area contributed by atoms with Gasteiger partial charge in [-0.15, -0.1) is 11.3 Å². The zero-order chi connectivity index (χ0) is 22.1. The van der Waals surface area contributed by atoms with Crippen LogP contribution in [0.3, 0.4) is 0 Å². The summed E-state index contributed by atoms with van der Waals surface area (Å²) in [5.74, 6) is 2.08. The van der Waals surface area contributed by atoms with E-state index in [1.807, 2.05) is 56.7 Å². The molecular weight excluding hydrogens is 400 g/mol. The number of guanidine groups is 1. The summed E-state index contributed by atoms with van der Waals surface area (Å²) in [7, 11) is 7.34. The predicted molar refractivity (Wildman–Crippen MR) is 124 cm³/mol. The first-order valence-corrected chi connectivity index (χ1v) is 10.9. The molecule has 0 aliphatic carbocycles. The quantitative estimate of drug-likeness (QED) is 0.394. The van der Waals surface area contributed by atoms with Gasteiger partial charge >= 0.3 is 0 Å². The molecule has 0 aliphatic heterocycles. The maximum atomic E-state index is 10.8. The number of benzene rings is 1. The third kappa shape index (κ3) is 6.35. The van der Waals surface area contributed by atoms with Gasteiger partial charge in [0, 0.05) is 18.0 Å². The monoisotopic (exact) mass is 434 g/mol. The van der Waals surface area contributed by atoms with E-state index >= 15 is 0 Å². The molecule has 2 atom stereocenters. The number of likely N-dealkylation sites (N-methyl/N-ethyl adjacent to an activating group) is 1. The number of nitrogens with zero attached hydrogens (tertiary/aromatic N) is 2. The highest BCUT2D eigenvalue weighted by Gasteiger charge is 2.24. The highest BCUT2D eigenvalue weighted by Crippen LogP contribution is 2.31. The zero-order valence-corrected chi connectivity index (χ0v) is 19.5. The Hall–Kier alpha value is -2.29. The zero-order valence-electron chi connectivity index (χ0n) is 18.7. The van der Waals surface area contributed by atoms with Crippen LogP contribution in [0.25, 0.3) is 0 Å². The molecule has 2 unspecified atom stereocenters. The molecule has 0 fully saturated rings. The Kier molecular flexibility index (Phi) is 8.95. The van der Waals surface area contributed by atoms with Crippen molar-refractivity contribution in [2.75, 3.05) is 47.9 Å². The standard InChI is InChI=1S/C22H34N4O3S/c1-7-23-21(25-15-22(2,27)20-9-8-12-30-20)24-14-17(26(3)4)16-10-11-18(28-5)19(13-16)29-6/h8-13,17,27H,7,14-15H2,1-6H3,(H2,23,24,25). The van der Waals surface area contributed by atoms with Gasteiger partial charge in [-0.3, -0.25) is 0 Å². The smallest absolute Gasteiger partial charge is 0.191 e. The van der Waals surface area contributed by atoms with Crippen molar-refractivity contribution < 1.29 is 14.6 Å². The summed E-state index contributed by atoms with van der Waals surface area (Å²) in [6, 6.07) is 9.91. The largest absolute Gasteiger partial charge is 0.493 e. The number of ether oxygens (including phenoxy) is 2. The molecule has 0 saturated carbocycles. The Morgan fingerprint density at radius 3 is 2.50 bits per heavy atom.